The number of aryl methyl sites for hydroxylation is 2. The number of nitrogens with zero attached hydrogens (tertiary/aromatic N) is 3. The van der Waals surface area contributed by atoms with Gasteiger partial charge in [-0.1, -0.05) is 35.9 Å². The van der Waals surface area contributed by atoms with Crippen LogP contribution in [0.2, 0.25) is 0 Å². The third-order valence-electron chi connectivity index (χ3n) is 6.15. The Hall–Kier alpha value is -2.66. The van der Waals surface area contributed by atoms with E-state index in [-0.39, 0.29) is 0 Å². The predicted molar refractivity (Wildman–Crippen MR) is 126 cm³/mol. The minimum atomic E-state index is 0.431. The maximum atomic E-state index is 4.79. The van der Waals surface area contributed by atoms with Gasteiger partial charge in [0, 0.05) is 38.1 Å². The Morgan fingerprint density at radius 3 is 2.40 bits per heavy atom. The first-order valence-electron chi connectivity index (χ1n) is 11.0. The molecule has 1 saturated carbocycles. The zero-order chi connectivity index (χ0) is 21.1. The van der Waals surface area contributed by atoms with Gasteiger partial charge in [0.15, 0.2) is 0 Å². The fraction of sp³-hybridized carbons (Fsp3) is 0.440. The first-order valence-corrected chi connectivity index (χ1v) is 11.0. The molecule has 0 aliphatic heterocycles. The maximum Gasteiger partial charge on any atom is 0.225 e. The van der Waals surface area contributed by atoms with E-state index in [1.807, 2.05) is 26.2 Å². The summed E-state index contributed by atoms with van der Waals surface area (Å²) in [5.41, 5.74) is 5.10. The lowest BCUT2D eigenvalue weighted by molar-refractivity contribution is 0.352. The molecule has 0 amide bonds. The number of aromatic nitrogens is 2. The molecule has 30 heavy (non-hydrogen) atoms. The van der Waals surface area contributed by atoms with Crippen molar-refractivity contribution < 1.29 is 0 Å². The van der Waals surface area contributed by atoms with Gasteiger partial charge in [-0.05, 0) is 62.8 Å². The average Bonchev–Trinajstić information content (AvgIpc) is 2.73. The zero-order valence-corrected chi connectivity index (χ0v) is 18.6. The predicted octanol–water partition coefficient (Wildman–Crippen LogP) is 4.83. The lowest BCUT2D eigenvalue weighted by Gasteiger charge is -2.30. The summed E-state index contributed by atoms with van der Waals surface area (Å²) in [6.07, 6.45) is 4.63. The van der Waals surface area contributed by atoms with Crippen LogP contribution in [0.3, 0.4) is 0 Å². The van der Waals surface area contributed by atoms with E-state index >= 15 is 0 Å². The van der Waals surface area contributed by atoms with Gasteiger partial charge in [-0.15, -0.1) is 0 Å². The van der Waals surface area contributed by atoms with Gasteiger partial charge < -0.3 is 15.5 Å². The average molecular weight is 404 g/mol. The standard InChI is InChI=1S/C25H33N5/c1-17-9-10-19(18(2)15-17)16-26-20-11-13-21(14-12-20)27-25-28-23-8-6-5-7-22(23)24(29-25)30(3)4/h5-10,15,20-21,26H,11-14,16H2,1-4H3,(H,27,28,29). The lowest BCUT2D eigenvalue weighted by atomic mass is 9.91. The third-order valence-corrected chi connectivity index (χ3v) is 6.15. The van der Waals surface area contributed by atoms with Gasteiger partial charge >= 0.3 is 0 Å². The molecule has 0 saturated heterocycles. The highest BCUT2D eigenvalue weighted by Gasteiger charge is 2.22. The topological polar surface area (TPSA) is 53.1 Å². The monoisotopic (exact) mass is 403 g/mol. The number of hydrogen-bond acceptors (Lipinski definition) is 5. The van der Waals surface area contributed by atoms with Gasteiger partial charge in [0.2, 0.25) is 5.95 Å². The van der Waals surface area contributed by atoms with Crippen LogP contribution in [0.4, 0.5) is 11.8 Å². The SMILES string of the molecule is Cc1ccc(CNC2CCC(Nc3nc(N(C)C)c4ccccc4n3)CC2)c(C)c1. The van der Waals surface area contributed by atoms with E-state index in [9.17, 15) is 0 Å². The molecule has 0 unspecified atom stereocenters. The van der Waals surface area contributed by atoms with Crippen molar-refractivity contribution in [1.82, 2.24) is 15.3 Å². The summed E-state index contributed by atoms with van der Waals surface area (Å²) >= 11 is 0. The Bertz CT molecular complexity index is 1010. The van der Waals surface area contributed by atoms with Crippen LogP contribution in [0.15, 0.2) is 42.5 Å². The van der Waals surface area contributed by atoms with E-state index < -0.39 is 0 Å². The molecule has 5 nitrogen and oxygen atoms in total. The molecule has 4 rings (SSSR count). The summed E-state index contributed by atoms with van der Waals surface area (Å²) in [7, 11) is 4.07. The smallest absolute Gasteiger partial charge is 0.225 e. The van der Waals surface area contributed by atoms with Gasteiger partial charge in [0.25, 0.3) is 0 Å². The largest absolute Gasteiger partial charge is 0.362 e. The molecular weight excluding hydrogens is 370 g/mol. The molecule has 158 valence electrons. The van der Waals surface area contributed by atoms with Crippen molar-refractivity contribution in [3.8, 4) is 0 Å². The molecule has 0 radical (unpaired) electrons. The summed E-state index contributed by atoms with van der Waals surface area (Å²) in [5.74, 6) is 1.70. The quantitative estimate of drug-likeness (QED) is 0.618. The van der Waals surface area contributed by atoms with Crippen molar-refractivity contribution in [3.05, 3.63) is 59.2 Å². The number of anilines is 2. The minimum absolute atomic E-state index is 0.431. The van der Waals surface area contributed by atoms with E-state index in [1.165, 1.54) is 29.5 Å². The fourth-order valence-electron chi connectivity index (χ4n) is 4.39. The number of rotatable bonds is 6. The molecule has 0 spiro atoms. The van der Waals surface area contributed by atoms with Gasteiger partial charge in [-0.25, -0.2) is 4.98 Å². The molecule has 2 aromatic carbocycles. The highest BCUT2D eigenvalue weighted by Crippen LogP contribution is 2.26. The van der Waals surface area contributed by atoms with Crippen molar-refractivity contribution in [2.45, 2.75) is 58.2 Å². The molecule has 1 aliphatic rings. The van der Waals surface area contributed by atoms with Crippen molar-refractivity contribution in [1.29, 1.82) is 0 Å². The van der Waals surface area contributed by atoms with Gasteiger partial charge in [-0.3, -0.25) is 0 Å². The van der Waals surface area contributed by atoms with Gasteiger partial charge in [0.1, 0.15) is 5.82 Å². The van der Waals surface area contributed by atoms with Crippen LogP contribution in [-0.4, -0.2) is 36.1 Å². The lowest BCUT2D eigenvalue weighted by Crippen LogP contribution is -2.37. The number of benzene rings is 2. The first kappa shape index (κ1) is 20.6. The molecule has 3 aromatic rings. The molecule has 0 bridgehead atoms. The normalized spacial score (nSPS) is 19.1. The van der Waals surface area contributed by atoms with E-state index in [1.54, 1.807) is 0 Å². The van der Waals surface area contributed by atoms with E-state index in [0.717, 1.165) is 42.1 Å². The van der Waals surface area contributed by atoms with Crippen molar-refractivity contribution in [3.63, 3.8) is 0 Å². The molecule has 1 fully saturated rings. The summed E-state index contributed by atoms with van der Waals surface area (Å²) < 4.78 is 0. The highest BCUT2D eigenvalue weighted by atomic mass is 15.2. The molecule has 1 aliphatic carbocycles. The zero-order valence-electron chi connectivity index (χ0n) is 18.6. The summed E-state index contributed by atoms with van der Waals surface area (Å²) in [4.78, 5) is 11.6. The maximum absolute atomic E-state index is 4.79. The summed E-state index contributed by atoms with van der Waals surface area (Å²) in [5, 5.41) is 8.46. The van der Waals surface area contributed by atoms with Crippen LogP contribution >= 0.6 is 0 Å². The molecule has 5 heteroatoms. The van der Waals surface area contributed by atoms with E-state index in [2.05, 4.69) is 59.7 Å². The van der Waals surface area contributed by atoms with Crippen LogP contribution in [-0.2, 0) is 6.54 Å². The van der Waals surface area contributed by atoms with Crippen molar-refractivity contribution in [2.75, 3.05) is 24.3 Å². The van der Waals surface area contributed by atoms with Crippen molar-refractivity contribution in [2.24, 2.45) is 0 Å². The minimum Gasteiger partial charge on any atom is -0.362 e. The number of nitrogens with one attached hydrogen (secondary N) is 2. The number of hydrogen-bond donors (Lipinski definition) is 2. The third kappa shape index (κ3) is 4.73. The Morgan fingerprint density at radius 2 is 1.67 bits per heavy atom. The van der Waals surface area contributed by atoms with Crippen LogP contribution in [0.25, 0.3) is 10.9 Å². The Kier molecular flexibility index (Phi) is 6.18. The van der Waals surface area contributed by atoms with Crippen LogP contribution < -0.4 is 15.5 Å². The van der Waals surface area contributed by atoms with Crippen LogP contribution in [0, 0.1) is 13.8 Å². The van der Waals surface area contributed by atoms with E-state index in [0.29, 0.717) is 12.1 Å². The molecule has 2 N–H and O–H groups in total. The number of para-hydroxylation sites is 1. The Balaban J connectivity index is 1.34. The fourth-order valence-corrected chi connectivity index (χ4v) is 4.39. The van der Waals surface area contributed by atoms with Gasteiger partial charge in [0.05, 0.1) is 5.52 Å². The first-order chi connectivity index (χ1) is 14.5. The van der Waals surface area contributed by atoms with E-state index in [4.69, 9.17) is 9.97 Å². The van der Waals surface area contributed by atoms with Gasteiger partial charge in [-0.2, -0.15) is 4.98 Å². The van der Waals surface area contributed by atoms with Crippen LogP contribution in [0.1, 0.15) is 42.4 Å². The second-order valence-corrected chi connectivity index (χ2v) is 8.79. The number of fused-ring (bicyclic) bond motifs is 1. The summed E-state index contributed by atoms with van der Waals surface area (Å²) in [6.45, 7) is 5.31. The van der Waals surface area contributed by atoms with Crippen molar-refractivity contribution >= 4 is 22.7 Å². The summed E-state index contributed by atoms with van der Waals surface area (Å²) in [6, 6.07) is 16.0. The second-order valence-electron chi connectivity index (χ2n) is 8.79. The Morgan fingerprint density at radius 1 is 0.933 bits per heavy atom. The molecule has 1 aromatic heterocycles. The highest BCUT2D eigenvalue weighted by molar-refractivity contribution is 5.90. The van der Waals surface area contributed by atoms with Crippen LogP contribution in [0.5, 0.6) is 0 Å². The second kappa shape index (κ2) is 9.00. The molecule has 1 heterocycles. The Labute approximate surface area is 179 Å². The molecular formula is C25H33N5. The molecule has 0 atom stereocenters.